The Kier molecular flexibility index (Phi) is 10.6. The van der Waals surface area contributed by atoms with E-state index in [9.17, 15) is 19.2 Å². The first-order valence-electron chi connectivity index (χ1n) is 14.3. The van der Waals surface area contributed by atoms with Crippen molar-refractivity contribution in [3.63, 3.8) is 0 Å². The molecule has 0 aliphatic carbocycles. The lowest BCUT2D eigenvalue weighted by molar-refractivity contribution is -0.121. The number of methoxy groups -OCH3 is 3. The molecule has 0 aromatic heterocycles. The van der Waals surface area contributed by atoms with Crippen molar-refractivity contribution in [2.75, 3.05) is 31.5 Å². The van der Waals surface area contributed by atoms with E-state index < -0.39 is 17.1 Å². The molecule has 4 aromatic carbocycles. The molecule has 0 radical (unpaired) electrons. The van der Waals surface area contributed by atoms with Gasteiger partial charge in [-0.15, -0.1) is 11.8 Å². The van der Waals surface area contributed by atoms with Gasteiger partial charge >= 0.3 is 0 Å². The average molecular weight is 717 g/mol. The number of nitrogens with zero attached hydrogens (tertiary/aromatic N) is 1. The molecule has 4 amide bonds. The fourth-order valence-corrected chi connectivity index (χ4v) is 6.28. The number of benzene rings is 4. The Labute approximate surface area is 284 Å². The Morgan fingerprint density at radius 1 is 0.872 bits per heavy atom. The molecule has 0 bridgehead atoms. The second kappa shape index (κ2) is 15.0. The second-order valence-electron chi connectivity index (χ2n) is 10.1. The van der Waals surface area contributed by atoms with Crippen molar-refractivity contribution in [2.45, 2.75) is 16.6 Å². The maximum Gasteiger partial charge on any atom is 0.272 e. The molecule has 1 aliphatic rings. The minimum atomic E-state index is -0.629. The lowest BCUT2D eigenvalue weighted by Gasteiger charge is -2.16. The topological polar surface area (TPSA) is 123 Å². The molecule has 10 nitrogen and oxygen atoms in total. The maximum absolute atomic E-state index is 13.7. The predicted molar refractivity (Wildman–Crippen MR) is 184 cm³/mol. The van der Waals surface area contributed by atoms with Gasteiger partial charge in [-0.05, 0) is 72.8 Å². The van der Waals surface area contributed by atoms with Crippen LogP contribution in [0.25, 0.3) is 6.08 Å². The van der Waals surface area contributed by atoms with E-state index in [2.05, 4.69) is 26.6 Å². The third-order valence-electron chi connectivity index (χ3n) is 7.12. The van der Waals surface area contributed by atoms with Crippen molar-refractivity contribution in [3.8, 4) is 17.2 Å². The van der Waals surface area contributed by atoms with Crippen LogP contribution in [0.1, 0.15) is 22.3 Å². The number of carbonyl (C=O) groups is 4. The Bertz CT molecular complexity index is 1850. The lowest BCUT2D eigenvalue weighted by Crippen LogP contribution is -2.31. The largest absolute Gasteiger partial charge is 0.493 e. The standard InChI is InChI=1S/C35H30BrN3O7S/c1-44-28-17-12-22(31(45-2)32(28)46-3)18-27(38-33(41)21-8-5-4-6-9-21)34(42)37-24-10-7-11-26(19-24)47-29-20-30(40)39(35(29)43)25-15-13-23(36)14-16-25/h4-19,29H,20H2,1-3H3,(H,37,42)(H,38,41)/b27-18-/t29-/m0/s1. The van der Waals surface area contributed by atoms with Crippen LogP contribution in [0.5, 0.6) is 17.2 Å². The van der Waals surface area contributed by atoms with Gasteiger partial charge in [0.15, 0.2) is 11.5 Å². The van der Waals surface area contributed by atoms with E-state index in [4.69, 9.17) is 14.2 Å². The van der Waals surface area contributed by atoms with Crippen molar-refractivity contribution in [2.24, 2.45) is 0 Å². The molecular weight excluding hydrogens is 686 g/mol. The highest BCUT2D eigenvalue weighted by Gasteiger charge is 2.40. The molecule has 1 heterocycles. The first-order chi connectivity index (χ1) is 22.7. The third kappa shape index (κ3) is 7.67. The molecule has 240 valence electrons. The molecular formula is C35H30BrN3O7S. The molecule has 5 rings (SSSR count). The number of amides is 4. The number of thioether (sulfide) groups is 1. The second-order valence-corrected chi connectivity index (χ2v) is 12.3. The number of rotatable bonds is 11. The van der Waals surface area contributed by atoms with Gasteiger partial charge < -0.3 is 24.8 Å². The van der Waals surface area contributed by atoms with E-state index in [0.29, 0.717) is 44.6 Å². The summed E-state index contributed by atoms with van der Waals surface area (Å²) in [5.41, 5.74) is 1.67. The summed E-state index contributed by atoms with van der Waals surface area (Å²) >= 11 is 4.61. The predicted octanol–water partition coefficient (Wildman–Crippen LogP) is 6.31. The van der Waals surface area contributed by atoms with Crippen molar-refractivity contribution in [1.29, 1.82) is 0 Å². The zero-order valence-corrected chi connectivity index (χ0v) is 28.0. The maximum atomic E-state index is 13.7. The van der Waals surface area contributed by atoms with Gasteiger partial charge in [-0.3, -0.25) is 19.2 Å². The van der Waals surface area contributed by atoms with Crippen molar-refractivity contribution < 1.29 is 33.4 Å². The van der Waals surface area contributed by atoms with Crippen LogP contribution in [0.3, 0.4) is 0 Å². The van der Waals surface area contributed by atoms with Crippen molar-refractivity contribution in [3.05, 3.63) is 112 Å². The first-order valence-corrected chi connectivity index (χ1v) is 16.0. The van der Waals surface area contributed by atoms with Gasteiger partial charge in [0, 0.05) is 32.6 Å². The van der Waals surface area contributed by atoms with Crippen LogP contribution in [0, 0.1) is 0 Å². The molecule has 1 atom stereocenters. The summed E-state index contributed by atoms with van der Waals surface area (Å²) in [5.74, 6) is -0.642. The monoisotopic (exact) mass is 715 g/mol. The molecule has 1 aliphatic heterocycles. The van der Waals surface area contributed by atoms with Gasteiger partial charge in [0.1, 0.15) is 5.70 Å². The lowest BCUT2D eigenvalue weighted by atomic mass is 10.1. The van der Waals surface area contributed by atoms with Gasteiger partial charge in [-0.25, -0.2) is 4.90 Å². The Morgan fingerprint density at radius 3 is 2.28 bits per heavy atom. The number of hydrogen-bond donors (Lipinski definition) is 2. The SMILES string of the molecule is COc1ccc(/C=C(\NC(=O)c2ccccc2)C(=O)Nc2cccc(S[C@H]3CC(=O)N(c4ccc(Br)cc4)C3=O)c2)c(OC)c1OC. The fourth-order valence-electron chi connectivity index (χ4n) is 4.90. The molecule has 4 aromatic rings. The molecule has 1 saturated heterocycles. The Hall–Kier alpha value is -5.07. The molecule has 0 saturated carbocycles. The zero-order valence-electron chi connectivity index (χ0n) is 25.6. The van der Waals surface area contributed by atoms with Gasteiger partial charge in [-0.2, -0.15) is 0 Å². The first kappa shape index (κ1) is 33.3. The van der Waals surface area contributed by atoms with Gasteiger partial charge in [0.25, 0.3) is 11.8 Å². The van der Waals surface area contributed by atoms with Crippen LogP contribution in [-0.4, -0.2) is 50.2 Å². The fraction of sp³-hybridized carbons (Fsp3) is 0.143. The number of carbonyl (C=O) groups excluding carboxylic acids is 4. The minimum Gasteiger partial charge on any atom is -0.493 e. The highest BCUT2D eigenvalue weighted by atomic mass is 79.9. The zero-order chi connectivity index (χ0) is 33.5. The van der Waals surface area contributed by atoms with E-state index in [1.54, 1.807) is 91.0 Å². The molecule has 47 heavy (non-hydrogen) atoms. The molecule has 2 N–H and O–H groups in total. The highest BCUT2D eigenvalue weighted by Crippen LogP contribution is 2.41. The van der Waals surface area contributed by atoms with Crippen LogP contribution in [-0.2, 0) is 14.4 Å². The normalized spacial score (nSPS) is 14.5. The number of imide groups is 1. The number of halogens is 1. The number of ether oxygens (including phenoxy) is 3. The summed E-state index contributed by atoms with van der Waals surface area (Å²) in [6.07, 6.45) is 1.52. The van der Waals surface area contributed by atoms with Crippen LogP contribution >= 0.6 is 27.7 Å². The number of hydrogen-bond acceptors (Lipinski definition) is 8. The molecule has 0 spiro atoms. The van der Waals surface area contributed by atoms with Gasteiger partial charge in [0.05, 0.1) is 32.3 Å². The van der Waals surface area contributed by atoms with E-state index >= 15 is 0 Å². The van der Waals surface area contributed by atoms with Gasteiger partial charge in [0.2, 0.25) is 17.6 Å². The number of anilines is 2. The minimum absolute atomic E-state index is 0.0434. The highest BCUT2D eigenvalue weighted by molar-refractivity contribution is 9.10. The molecule has 1 fully saturated rings. The quantitative estimate of drug-likeness (QED) is 0.137. The Morgan fingerprint density at radius 2 is 1.60 bits per heavy atom. The summed E-state index contributed by atoms with van der Waals surface area (Å²) in [6, 6.07) is 25.7. The summed E-state index contributed by atoms with van der Waals surface area (Å²) < 4.78 is 17.3. The molecule has 12 heteroatoms. The van der Waals surface area contributed by atoms with Crippen LogP contribution < -0.4 is 29.7 Å². The van der Waals surface area contributed by atoms with Crippen LogP contribution in [0.2, 0.25) is 0 Å². The van der Waals surface area contributed by atoms with Crippen LogP contribution in [0.15, 0.2) is 106 Å². The van der Waals surface area contributed by atoms with Crippen molar-refractivity contribution >= 4 is 68.8 Å². The summed E-state index contributed by atoms with van der Waals surface area (Å²) in [6.45, 7) is 0. The van der Waals surface area contributed by atoms with E-state index in [0.717, 1.165) is 4.47 Å². The molecule has 0 unspecified atom stereocenters. The summed E-state index contributed by atoms with van der Waals surface area (Å²) in [7, 11) is 4.43. The number of nitrogens with one attached hydrogen (secondary N) is 2. The average Bonchev–Trinajstić information content (AvgIpc) is 3.36. The Balaban J connectivity index is 1.39. The van der Waals surface area contributed by atoms with E-state index in [-0.39, 0.29) is 23.9 Å². The van der Waals surface area contributed by atoms with E-state index in [1.807, 2.05) is 0 Å². The third-order valence-corrected chi connectivity index (χ3v) is 8.83. The summed E-state index contributed by atoms with van der Waals surface area (Å²) in [4.78, 5) is 54.8. The van der Waals surface area contributed by atoms with Crippen molar-refractivity contribution in [1.82, 2.24) is 5.32 Å². The van der Waals surface area contributed by atoms with Gasteiger partial charge in [-0.1, -0.05) is 40.2 Å². The van der Waals surface area contributed by atoms with Crippen LogP contribution in [0.4, 0.5) is 11.4 Å². The smallest absolute Gasteiger partial charge is 0.272 e. The summed E-state index contributed by atoms with van der Waals surface area (Å²) in [5, 5.41) is 4.92. The van der Waals surface area contributed by atoms with E-state index in [1.165, 1.54) is 44.1 Å².